The number of nitrogens with zero attached hydrogens (tertiary/aromatic N) is 2. The largest absolute Gasteiger partial charge is 0.456 e. The lowest BCUT2D eigenvalue weighted by atomic mass is 9.87. The van der Waals surface area contributed by atoms with Crippen LogP contribution in [0.1, 0.15) is 0 Å². The zero-order chi connectivity index (χ0) is 41.7. The number of aromatic nitrogens is 1. The second kappa shape index (κ2) is 15.3. The van der Waals surface area contributed by atoms with Crippen LogP contribution in [0.4, 0.5) is 17.1 Å². The first-order valence-corrected chi connectivity index (χ1v) is 21.5. The van der Waals surface area contributed by atoms with Gasteiger partial charge in [0.05, 0.1) is 16.7 Å². The normalized spacial score (nSPS) is 11.5. The summed E-state index contributed by atoms with van der Waals surface area (Å²) < 4.78 is 8.72. The van der Waals surface area contributed by atoms with Crippen LogP contribution in [0.5, 0.6) is 0 Å². The van der Waals surface area contributed by atoms with Crippen molar-refractivity contribution in [1.29, 1.82) is 0 Å². The van der Waals surface area contributed by atoms with E-state index in [0.717, 1.165) is 78.1 Å². The van der Waals surface area contributed by atoms with Crippen LogP contribution in [-0.2, 0) is 0 Å². The lowest BCUT2D eigenvalue weighted by molar-refractivity contribution is 0.669. The molecular formula is C60H40N2O. The maximum Gasteiger partial charge on any atom is 0.135 e. The van der Waals surface area contributed by atoms with Crippen molar-refractivity contribution in [2.75, 3.05) is 4.90 Å². The van der Waals surface area contributed by atoms with Gasteiger partial charge in [0.2, 0.25) is 0 Å². The number of anilines is 3. The molecule has 0 aliphatic carbocycles. The Bertz CT molecular complexity index is 3550. The predicted molar refractivity (Wildman–Crippen MR) is 264 cm³/mol. The van der Waals surface area contributed by atoms with Crippen molar-refractivity contribution in [2.45, 2.75) is 0 Å². The van der Waals surface area contributed by atoms with Gasteiger partial charge >= 0.3 is 0 Å². The molecule has 2 heterocycles. The van der Waals surface area contributed by atoms with Gasteiger partial charge in [-0.05, 0) is 106 Å². The fourth-order valence-corrected chi connectivity index (χ4v) is 9.53. The number of furan rings is 1. The standard InChI is InChI=1S/C60H40N2O/c1-3-16-43(17-4-1)48-20-7-8-24-53(48)60-49(44-18-5-2-6-19-44)25-15-28-57(60)61(47-38-39-59-54(40-47)52-23-11-14-29-58(52)63-59)45-34-30-41(31-35-45)42-32-36-46(37-33-42)62-55-26-12-9-21-50(55)51-22-10-13-27-56(51)62/h1-40H. The summed E-state index contributed by atoms with van der Waals surface area (Å²) in [4.78, 5) is 2.42. The minimum absolute atomic E-state index is 0.868. The molecule has 0 N–H and O–H groups in total. The summed E-state index contributed by atoms with van der Waals surface area (Å²) >= 11 is 0. The van der Waals surface area contributed by atoms with Crippen LogP contribution >= 0.6 is 0 Å². The van der Waals surface area contributed by atoms with Crippen molar-refractivity contribution in [2.24, 2.45) is 0 Å². The Kier molecular flexibility index (Phi) is 8.83. The van der Waals surface area contributed by atoms with Gasteiger partial charge in [-0.2, -0.15) is 0 Å². The molecule has 0 aliphatic heterocycles. The molecule has 0 atom stereocenters. The van der Waals surface area contributed by atoms with Gasteiger partial charge in [-0.15, -0.1) is 0 Å². The van der Waals surface area contributed by atoms with Gasteiger partial charge in [-0.25, -0.2) is 0 Å². The third-order valence-electron chi connectivity index (χ3n) is 12.4. The molecule has 12 aromatic rings. The van der Waals surface area contributed by atoms with E-state index in [4.69, 9.17) is 4.42 Å². The highest BCUT2D eigenvalue weighted by Crippen LogP contribution is 2.49. The Morgan fingerprint density at radius 2 is 0.825 bits per heavy atom. The van der Waals surface area contributed by atoms with Crippen molar-refractivity contribution >= 4 is 60.8 Å². The average Bonchev–Trinajstić information content (AvgIpc) is 3.90. The lowest BCUT2D eigenvalue weighted by Crippen LogP contribution is -2.12. The summed E-state index contributed by atoms with van der Waals surface area (Å²) in [5.74, 6) is 0. The molecule has 0 saturated heterocycles. The van der Waals surface area contributed by atoms with Gasteiger partial charge in [-0.3, -0.25) is 0 Å². The molecule has 0 amide bonds. The zero-order valence-corrected chi connectivity index (χ0v) is 34.4. The van der Waals surface area contributed by atoms with E-state index in [9.17, 15) is 0 Å². The molecule has 0 spiro atoms. The summed E-state index contributed by atoms with van der Waals surface area (Å²) in [6.45, 7) is 0. The molecule has 0 fully saturated rings. The first-order valence-electron chi connectivity index (χ1n) is 21.5. The van der Waals surface area contributed by atoms with Crippen molar-refractivity contribution in [3.05, 3.63) is 243 Å². The molecule has 296 valence electrons. The Hall–Kier alpha value is -8.40. The summed E-state index contributed by atoms with van der Waals surface area (Å²) in [6, 6.07) is 87.2. The predicted octanol–water partition coefficient (Wildman–Crippen LogP) is 16.8. The van der Waals surface area contributed by atoms with E-state index in [1.54, 1.807) is 0 Å². The second-order valence-corrected chi connectivity index (χ2v) is 16.1. The molecule has 12 rings (SSSR count). The third kappa shape index (κ3) is 6.29. The van der Waals surface area contributed by atoms with E-state index in [1.165, 1.54) is 32.9 Å². The quantitative estimate of drug-likeness (QED) is 0.153. The highest BCUT2D eigenvalue weighted by Gasteiger charge is 2.24. The summed E-state index contributed by atoms with van der Waals surface area (Å²) in [7, 11) is 0. The van der Waals surface area contributed by atoms with Crippen LogP contribution in [0.2, 0.25) is 0 Å². The molecule has 0 saturated carbocycles. The minimum atomic E-state index is 0.868. The number of fused-ring (bicyclic) bond motifs is 6. The molecule has 2 aromatic heterocycles. The fourth-order valence-electron chi connectivity index (χ4n) is 9.53. The monoisotopic (exact) mass is 804 g/mol. The van der Waals surface area contributed by atoms with E-state index in [0.29, 0.717) is 0 Å². The summed E-state index contributed by atoms with van der Waals surface area (Å²) in [6.07, 6.45) is 0. The van der Waals surface area contributed by atoms with Crippen LogP contribution < -0.4 is 4.90 Å². The lowest BCUT2D eigenvalue weighted by Gasteiger charge is -2.30. The van der Waals surface area contributed by atoms with Gasteiger partial charge in [0.25, 0.3) is 0 Å². The first kappa shape index (κ1) is 36.5. The second-order valence-electron chi connectivity index (χ2n) is 16.1. The van der Waals surface area contributed by atoms with Crippen LogP contribution in [0.15, 0.2) is 247 Å². The number of hydrogen-bond acceptors (Lipinski definition) is 2. The highest BCUT2D eigenvalue weighted by atomic mass is 16.3. The first-order chi connectivity index (χ1) is 31.3. The van der Waals surface area contributed by atoms with Crippen molar-refractivity contribution < 1.29 is 4.42 Å². The Morgan fingerprint density at radius 3 is 1.51 bits per heavy atom. The van der Waals surface area contributed by atoms with E-state index in [2.05, 4.69) is 240 Å². The highest BCUT2D eigenvalue weighted by molar-refractivity contribution is 6.10. The van der Waals surface area contributed by atoms with E-state index in [1.807, 2.05) is 12.1 Å². The molecule has 0 radical (unpaired) electrons. The third-order valence-corrected chi connectivity index (χ3v) is 12.4. The molecular weight excluding hydrogens is 765 g/mol. The zero-order valence-electron chi connectivity index (χ0n) is 34.4. The minimum Gasteiger partial charge on any atom is -0.456 e. The van der Waals surface area contributed by atoms with Crippen LogP contribution in [0.3, 0.4) is 0 Å². The van der Waals surface area contributed by atoms with Crippen LogP contribution in [0, 0.1) is 0 Å². The molecule has 63 heavy (non-hydrogen) atoms. The number of rotatable bonds is 8. The number of hydrogen-bond donors (Lipinski definition) is 0. The van der Waals surface area contributed by atoms with E-state index in [-0.39, 0.29) is 0 Å². The van der Waals surface area contributed by atoms with E-state index >= 15 is 0 Å². The number of para-hydroxylation sites is 3. The van der Waals surface area contributed by atoms with Crippen molar-refractivity contribution in [3.8, 4) is 50.2 Å². The van der Waals surface area contributed by atoms with Gasteiger partial charge in [0, 0.05) is 44.2 Å². The van der Waals surface area contributed by atoms with Crippen molar-refractivity contribution in [1.82, 2.24) is 4.57 Å². The maximum atomic E-state index is 6.35. The van der Waals surface area contributed by atoms with Gasteiger partial charge < -0.3 is 13.9 Å². The SMILES string of the molecule is c1ccc(-c2ccccc2-c2c(-c3ccccc3)cccc2N(c2ccc(-c3ccc(-n4c5ccccc5c5ccccc54)cc3)cc2)c2ccc3oc4ccccc4c3c2)cc1. The fraction of sp³-hybridized carbons (Fsp3) is 0. The maximum absolute atomic E-state index is 6.35. The number of benzene rings is 10. The Balaban J connectivity index is 1.03. The van der Waals surface area contributed by atoms with Crippen LogP contribution in [-0.4, -0.2) is 4.57 Å². The topological polar surface area (TPSA) is 21.3 Å². The van der Waals surface area contributed by atoms with Gasteiger partial charge in [0.1, 0.15) is 11.2 Å². The molecule has 3 heteroatoms. The Labute approximate surface area is 366 Å². The molecule has 10 aromatic carbocycles. The smallest absolute Gasteiger partial charge is 0.135 e. The molecule has 0 aliphatic rings. The van der Waals surface area contributed by atoms with Crippen molar-refractivity contribution in [3.63, 3.8) is 0 Å². The van der Waals surface area contributed by atoms with Crippen LogP contribution in [0.25, 0.3) is 93.9 Å². The molecule has 3 nitrogen and oxygen atoms in total. The Morgan fingerprint density at radius 1 is 0.317 bits per heavy atom. The molecule has 0 bridgehead atoms. The van der Waals surface area contributed by atoms with E-state index < -0.39 is 0 Å². The molecule has 0 unspecified atom stereocenters. The van der Waals surface area contributed by atoms with Gasteiger partial charge in [0.15, 0.2) is 0 Å². The van der Waals surface area contributed by atoms with Gasteiger partial charge in [-0.1, -0.05) is 176 Å². The average molecular weight is 805 g/mol. The summed E-state index contributed by atoms with van der Waals surface area (Å²) in [5.41, 5.74) is 17.8. The summed E-state index contributed by atoms with van der Waals surface area (Å²) in [5, 5.41) is 4.71.